The van der Waals surface area contributed by atoms with E-state index in [2.05, 4.69) is 31.4 Å². The van der Waals surface area contributed by atoms with E-state index in [1.165, 1.54) is 0 Å². The number of nitrogens with one attached hydrogen (secondary N) is 1. The van der Waals surface area contributed by atoms with Gasteiger partial charge in [0.1, 0.15) is 0 Å². The fourth-order valence-corrected chi connectivity index (χ4v) is 2.34. The average Bonchev–Trinajstić information content (AvgIpc) is 3.07. The van der Waals surface area contributed by atoms with E-state index < -0.39 is 0 Å². The van der Waals surface area contributed by atoms with Crippen molar-refractivity contribution in [3.63, 3.8) is 0 Å². The molecular weight excluding hydrogens is 334 g/mol. The molecule has 0 saturated carbocycles. The molecule has 0 spiro atoms. The molecule has 114 valence electrons. The maximum absolute atomic E-state index is 12.2. The number of hydrogen-bond acceptors (Lipinski definition) is 3. The van der Waals surface area contributed by atoms with E-state index in [9.17, 15) is 4.79 Å². The number of aryl methyl sites for hydroxylation is 1. The van der Waals surface area contributed by atoms with Crippen LogP contribution < -0.4 is 5.32 Å². The second-order valence-corrected chi connectivity index (χ2v) is 6.02. The molecular formula is C14H20BrN5O. The number of hydrogen-bond donors (Lipinski definition) is 1. The van der Waals surface area contributed by atoms with Crippen molar-refractivity contribution in [2.75, 3.05) is 0 Å². The molecule has 2 aromatic heterocycles. The molecule has 0 fully saturated rings. The number of carbonyl (C=O) groups is 1. The van der Waals surface area contributed by atoms with Gasteiger partial charge in [-0.05, 0) is 35.8 Å². The number of aromatic nitrogens is 4. The molecule has 1 amide bonds. The molecule has 0 bridgehead atoms. The predicted octanol–water partition coefficient (Wildman–Crippen LogP) is 2.38. The second-order valence-electron chi connectivity index (χ2n) is 5.11. The Bertz CT molecular complexity index is 606. The maximum atomic E-state index is 12.2. The van der Waals surface area contributed by atoms with Crippen molar-refractivity contribution in [1.29, 1.82) is 0 Å². The highest BCUT2D eigenvalue weighted by Crippen LogP contribution is 2.12. The van der Waals surface area contributed by atoms with Crippen LogP contribution in [0.15, 0.2) is 29.1 Å². The lowest BCUT2D eigenvalue weighted by atomic mass is 10.1. The van der Waals surface area contributed by atoms with E-state index in [0.717, 1.165) is 16.7 Å². The van der Waals surface area contributed by atoms with Gasteiger partial charge in [-0.1, -0.05) is 6.92 Å². The topological polar surface area (TPSA) is 64.7 Å². The number of halogens is 1. The molecule has 1 N–H and O–H groups in total. The van der Waals surface area contributed by atoms with Gasteiger partial charge in [0.15, 0.2) is 0 Å². The molecule has 2 atom stereocenters. The smallest absolute Gasteiger partial charge is 0.225 e. The van der Waals surface area contributed by atoms with Gasteiger partial charge in [-0.15, -0.1) is 0 Å². The molecule has 0 radical (unpaired) electrons. The van der Waals surface area contributed by atoms with E-state index in [4.69, 9.17) is 0 Å². The Hall–Kier alpha value is -1.63. The summed E-state index contributed by atoms with van der Waals surface area (Å²) in [6.07, 6.45) is 5.49. The van der Waals surface area contributed by atoms with Crippen LogP contribution in [0.3, 0.4) is 0 Å². The number of rotatable bonds is 6. The fourth-order valence-electron chi connectivity index (χ4n) is 2.02. The molecule has 0 saturated heterocycles. The van der Waals surface area contributed by atoms with E-state index in [-0.39, 0.29) is 17.9 Å². The summed E-state index contributed by atoms with van der Waals surface area (Å²) in [4.78, 5) is 12.2. The predicted molar refractivity (Wildman–Crippen MR) is 83.5 cm³/mol. The lowest BCUT2D eigenvalue weighted by Crippen LogP contribution is -2.33. The Labute approximate surface area is 132 Å². The Kier molecular flexibility index (Phi) is 5.17. The second kappa shape index (κ2) is 6.89. The van der Waals surface area contributed by atoms with Gasteiger partial charge in [-0.2, -0.15) is 10.2 Å². The van der Waals surface area contributed by atoms with Crippen molar-refractivity contribution in [3.8, 4) is 0 Å². The van der Waals surface area contributed by atoms with Crippen molar-refractivity contribution >= 4 is 21.8 Å². The van der Waals surface area contributed by atoms with Crippen molar-refractivity contribution in [2.24, 2.45) is 5.92 Å². The summed E-state index contributed by atoms with van der Waals surface area (Å²) in [7, 11) is 0. The van der Waals surface area contributed by atoms with Crippen LogP contribution in [0.4, 0.5) is 0 Å². The summed E-state index contributed by atoms with van der Waals surface area (Å²) in [5, 5.41) is 11.6. The number of amides is 1. The van der Waals surface area contributed by atoms with Crippen LogP contribution in [0.5, 0.6) is 0 Å². The molecule has 0 aliphatic carbocycles. The van der Waals surface area contributed by atoms with E-state index in [0.29, 0.717) is 6.54 Å². The first kappa shape index (κ1) is 15.8. The summed E-state index contributed by atoms with van der Waals surface area (Å²) < 4.78 is 4.52. The van der Waals surface area contributed by atoms with Crippen LogP contribution in [0.2, 0.25) is 0 Å². The van der Waals surface area contributed by atoms with Crippen molar-refractivity contribution in [3.05, 3.63) is 34.8 Å². The molecule has 2 unspecified atom stereocenters. The number of carbonyl (C=O) groups excluding carboxylic acids is 1. The first-order valence-corrected chi connectivity index (χ1v) is 7.80. The first-order chi connectivity index (χ1) is 9.99. The van der Waals surface area contributed by atoms with Gasteiger partial charge in [0.05, 0.1) is 34.9 Å². The molecule has 0 aromatic carbocycles. The molecule has 7 heteroatoms. The zero-order valence-electron chi connectivity index (χ0n) is 12.5. The third-order valence-electron chi connectivity index (χ3n) is 3.30. The lowest BCUT2D eigenvalue weighted by molar-refractivity contribution is -0.125. The van der Waals surface area contributed by atoms with E-state index >= 15 is 0 Å². The highest BCUT2D eigenvalue weighted by Gasteiger charge is 2.18. The Balaban J connectivity index is 1.90. The standard InChI is InChI=1S/C14H20BrN5O/c1-4-19-6-5-13(18-19)11(3)17-14(21)10(2)8-20-9-12(15)7-16-20/h5-7,9-11H,4,8H2,1-3H3,(H,17,21). The van der Waals surface area contributed by atoms with Gasteiger partial charge in [-0.25, -0.2) is 0 Å². The summed E-state index contributed by atoms with van der Waals surface area (Å²) in [5.74, 6) is -0.160. The summed E-state index contributed by atoms with van der Waals surface area (Å²) in [6.45, 7) is 7.24. The Morgan fingerprint density at radius 3 is 2.76 bits per heavy atom. The Morgan fingerprint density at radius 2 is 2.19 bits per heavy atom. The highest BCUT2D eigenvalue weighted by molar-refractivity contribution is 9.10. The van der Waals surface area contributed by atoms with E-state index in [1.54, 1.807) is 10.9 Å². The maximum Gasteiger partial charge on any atom is 0.225 e. The average molecular weight is 354 g/mol. The highest BCUT2D eigenvalue weighted by atomic mass is 79.9. The summed E-state index contributed by atoms with van der Waals surface area (Å²) in [6, 6.07) is 1.83. The van der Waals surface area contributed by atoms with Crippen molar-refractivity contribution in [1.82, 2.24) is 24.9 Å². The molecule has 0 aliphatic heterocycles. The minimum atomic E-state index is -0.160. The lowest BCUT2D eigenvalue weighted by Gasteiger charge is -2.16. The zero-order chi connectivity index (χ0) is 15.4. The van der Waals surface area contributed by atoms with Gasteiger partial charge in [-0.3, -0.25) is 14.2 Å². The summed E-state index contributed by atoms with van der Waals surface area (Å²) in [5.41, 5.74) is 0.874. The van der Waals surface area contributed by atoms with Crippen LogP contribution >= 0.6 is 15.9 Å². The third kappa shape index (κ3) is 4.17. The van der Waals surface area contributed by atoms with Gasteiger partial charge in [0, 0.05) is 18.9 Å². The minimum absolute atomic E-state index is 0.000158. The molecule has 2 aromatic rings. The van der Waals surface area contributed by atoms with Gasteiger partial charge < -0.3 is 5.32 Å². The van der Waals surface area contributed by atoms with Crippen LogP contribution in [-0.4, -0.2) is 25.5 Å². The Morgan fingerprint density at radius 1 is 1.43 bits per heavy atom. The zero-order valence-corrected chi connectivity index (χ0v) is 14.0. The molecule has 2 rings (SSSR count). The normalized spacial score (nSPS) is 13.9. The van der Waals surface area contributed by atoms with E-state index in [1.807, 2.05) is 43.9 Å². The van der Waals surface area contributed by atoms with Gasteiger partial charge in [0.25, 0.3) is 0 Å². The first-order valence-electron chi connectivity index (χ1n) is 7.01. The van der Waals surface area contributed by atoms with Gasteiger partial charge >= 0.3 is 0 Å². The van der Waals surface area contributed by atoms with Crippen LogP contribution in [-0.2, 0) is 17.9 Å². The van der Waals surface area contributed by atoms with Crippen LogP contribution in [0.1, 0.15) is 32.5 Å². The molecule has 21 heavy (non-hydrogen) atoms. The largest absolute Gasteiger partial charge is 0.348 e. The monoisotopic (exact) mass is 353 g/mol. The van der Waals surface area contributed by atoms with Crippen molar-refractivity contribution < 1.29 is 4.79 Å². The fraction of sp³-hybridized carbons (Fsp3) is 0.500. The third-order valence-corrected chi connectivity index (χ3v) is 3.71. The summed E-state index contributed by atoms with van der Waals surface area (Å²) >= 11 is 3.34. The van der Waals surface area contributed by atoms with Crippen LogP contribution in [0.25, 0.3) is 0 Å². The SMILES string of the molecule is CCn1ccc(C(C)NC(=O)C(C)Cn2cc(Br)cn2)n1. The van der Waals surface area contributed by atoms with Gasteiger partial charge in [0.2, 0.25) is 5.91 Å². The quantitative estimate of drug-likeness (QED) is 0.866. The van der Waals surface area contributed by atoms with Crippen molar-refractivity contribution in [2.45, 2.75) is 39.9 Å². The number of nitrogens with zero attached hydrogens (tertiary/aromatic N) is 4. The minimum Gasteiger partial charge on any atom is -0.348 e. The van der Waals surface area contributed by atoms with Crippen LogP contribution in [0, 0.1) is 5.92 Å². The molecule has 2 heterocycles. The molecule has 6 nitrogen and oxygen atoms in total. The molecule has 0 aliphatic rings.